The van der Waals surface area contributed by atoms with Gasteiger partial charge in [0, 0.05) is 0 Å². The van der Waals surface area contributed by atoms with Crippen LogP contribution in [0.2, 0.25) is 0 Å². The van der Waals surface area contributed by atoms with Crippen LogP contribution in [0.4, 0.5) is 5.69 Å². The molecule has 1 aromatic carbocycles. The average molecular weight is 204 g/mol. The predicted molar refractivity (Wildman–Crippen MR) is 57.5 cm³/mol. The molecular weight excluding hydrogens is 196 g/mol. The molecule has 0 saturated carbocycles. The smallest absolute Gasteiger partial charge is 0.243 e. The fourth-order valence-electron chi connectivity index (χ4n) is 1.73. The van der Waals surface area contributed by atoms with E-state index in [2.05, 4.69) is 4.99 Å². The van der Waals surface area contributed by atoms with Crippen LogP contribution in [0.25, 0.3) is 0 Å². The highest BCUT2D eigenvalue weighted by Gasteiger charge is 2.32. The third-order valence-electron chi connectivity index (χ3n) is 2.38. The first-order valence-corrected chi connectivity index (χ1v) is 5.43. The second kappa shape index (κ2) is 2.85. The quantitative estimate of drug-likeness (QED) is 0.643. The van der Waals surface area contributed by atoms with Gasteiger partial charge in [0.2, 0.25) is 5.91 Å². The Morgan fingerprint density at radius 1 is 1.36 bits per heavy atom. The first kappa shape index (κ1) is 8.05. The molecule has 0 radical (unpaired) electrons. The number of amidine groups is 1. The number of fused-ring (bicyclic) bond motifs is 3. The van der Waals surface area contributed by atoms with E-state index in [0.29, 0.717) is 12.3 Å². The second-order valence-electron chi connectivity index (χ2n) is 3.25. The van der Waals surface area contributed by atoms with Crippen molar-refractivity contribution < 1.29 is 4.79 Å². The molecule has 1 fully saturated rings. The Morgan fingerprint density at radius 3 is 3.14 bits per heavy atom. The van der Waals surface area contributed by atoms with E-state index >= 15 is 0 Å². The van der Waals surface area contributed by atoms with Crippen LogP contribution in [0, 0.1) is 0 Å². The molecule has 0 atom stereocenters. The van der Waals surface area contributed by atoms with Crippen LogP contribution in [0.1, 0.15) is 5.56 Å². The molecule has 0 aromatic heterocycles. The number of thioether (sulfide) groups is 1. The van der Waals surface area contributed by atoms with Crippen molar-refractivity contribution in [2.45, 2.75) is 6.54 Å². The van der Waals surface area contributed by atoms with E-state index in [1.54, 1.807) is 4.90 Å². The summed E-state index contributed by atoms with van der Waals surface area (Å²) in [7, 11) is 0. The lowest BCUT2D eigenvalue weighted by Gasteiger charge is -2.22. The van der Waals surface area contributed by atoms with E-state index in [1.165, 1.54) is 11.8 Å². The van der Waals surface area contributed by atoms with Gasteiger partial charge in [-0.3, -0.25) is 14.7 Å². The highest BCUT2D eigenvalue weighted by molar-refractivity contribution is 8.15. The summed E-state index contributed by atoms with van der Waals surface area (Å²) in [5.74, 6) is 0.661. The zero-order valence-electron chi connectivity index (χ0n) is 7.43. The molecule has 1 saturated heterocycles. The summed E-state index contributed by atoms with van der Waals surface area (Å²) in [5, 5.41) is 0.855. The van der Waals surface area contributed by atoms with E-state index in [9.17, 15) is 4.79 Å². The highest BCUT2D eigenvalue weighted by atomic mass is 32.2. The van der Waals surface area contributed by atoms with Crippen molar-refractivity contribution in [2.24, 2.45) is 4.99 Å². The van der Waals surface area contributed by atoms with Crippen LogP contribution >= 0.6 is 11.8 Å². The summed E-state index contributed by atoms with van der Waals surface area (Å²) < 4.78 is 0. The van der Waals surface area contributed by atoms with Gasteiger partial charge in [-0.1, -0.05) is 30.0 Å². The largest absolute Gasteiger partial charge is 0.273 e. The van der Waals surface area contributed by atoms with Crippen molar-refractivity contribution in [2.75, 3.05) is 10.7 Å². The van der Waals surface area contributed by atoms with E-state index in [-0.39, 0.29) is 5.91 Å². The number of benzene rings is 1. The Labute approximate surface area is 85.8 Å². The average Bonchev–Trinajstić information content (AvgIpc) is 2.61. The third kappa shape index (κ3) is 1.00. The molecule has 0 unspecified atom stereocenters. The van der Waals surface area contributed by atoms with Crippen molar-refractivity contribution in [1.29, 1.82) is 0 Å². The van der Waals surface area contributed by atoms with Gasteiger partial charge in [-0.05, 0) is 11.6 Å². The number of carbonyl (C=O) groups excluding carboxylic acids is 1. The lowest BCUT2D eigenvalue weighted by molar-refractivity contribution is -0.115. The number of carbonyl (C=O) groups is 1. The van der Waals surface area contributed by atoms with Crippen molar-refractivity contribution in [3.05, 3.63) is 29.8 Å². The zero-order chi connectivity index (χ0) is 9.54. The molecule has 4 heteroatoms. The molecular formula is C10H8N2OS. The van der Waals surface area contributed by atoms with Gasteiger partial charge in [-0.2, -0.15) is 0 Å². The number of hydrogen-bond acceptors (Lipinski definition) is 3. The molecule has 2 aliphatic rings. The molecule has 2 heterocycles. The Hall–Kier alpha value is -1.29. The van der Waals surface area contributed by atoms with Crippen LogP contribution in [-0.2, 0) is 11.3 Å². The lowest BCUT2D eigenvalue weighted by atomic mass is 10.1. The van der Waals surface area contributed by atoms with Crippen molar-refractivity contribution in [3.63, 3.8) is 0 Å². The Bertz CT molecular complexity index is 442. The second-order valence-corrected chi connectivity index (χ2v) is 4.19. The zero-order valence-corrected chi connectivity index (χ0v) is 8.25. The molecule has 0 spiro atoms. The summed E-state index contributed by atoms with van der Waals surface area (Å²) in [6, 6.07) is 7.94. The van der Waals surface area contributed by atoms with Crippen LogP contribution in [0.5, 0.6) is 0 Å². The number of para-hydroxylation sites is 1. The van der Waals surface area contributed by atoms with Gasteiger partial charge in [0.25, 0.3) is 0 Å². The van der Waals surface area contributed by atoms with Crippen molar-refractivity contribution >= 4 is 28.5 Å². The Kier molecular flexibility index (Phi) is 1.64. The predicted octanol–water partition coefficient (Wildman–Crippen LogP) is 1.64. The molecule has 3 rings (SSSR count). The maximum absolute atomic E-state index is 11.6. The molecule has 70 valence electrons. The molecule has 0 bridgehead atoms. The minimum absolute atomic E-state index is 0.140. The van der Waals surface area contributed by atoms with Gasteiger partial charge in [0.05, 0.1) is 18.0 Å². The minimum Gasteiger partial charge on any atom is -0.273 e. The van der Waals surface area contributed by atoms with E-state index in [4.69, 9.17) is 0 Å². The van der Waals surface area contributed by atoms with Crippen LogP contribution in [-0.4, -0.2) is 16.8 Å². The number of aliphatic imine (C=N–C) groups is 1. The molecule has 0 N–H and O–H groups in total. The van der Waals surface area contributed by atoms with Crippen molar-refractivity contribution in [1.82, 2.24) is 0 Å². The summed E-state index contributed by atoms with van der Waals surface area (Å²) >= 11 is 1.52. The van der Waals surface area contributed by atoms with Gasteiger partial charge in [0.1, 0.15) is 0 Å². The van der Waals surface area contributed by atoms with E-state index in [0.717, 1.165) is 16.4 Å². The summed E-state index contributed by atoms with van der Waals surface area (Å²) in [4.78, 5) is 17.7. The van der Waals surface area contributed by atoms with Gasteiger partial charge in [-0.25, -0.2) is 0 Å². The number of amides is 1. The summed E-state index contributed by atoms with van der Waals surface area (Å²) in [5.41, 5.74) is 2.14. The Morgan fingerprint density at radius 2 is 2.21 bits per heavy atom. The normalized spacial score (nSPS) is 19.0. The third-order valence-corrected chi connectivity index (χ3v) is 3.34. The Balaban J connectivity index is 2.17. The maximum Gasteiger partial charge on any atom is 0.243 e. The first-order chi connectivity index (χ1) is 6.86. The molecule has 3 nitrogen and oxygen atoms in total. The standard InChI is InChI=1S/C10H8N2OS/c13-9-6-14-10-11-5-7-3-1-2-4-8(7)12(9)10/h1-4H,5-6H2. The number of nitrogens with zero attached hydrogens (tertiary/aromatic N) is 2. The first-order valence-electron chi connectivity index (χ1n) is 4.44. The number of hydrogen-bond donors (Lipinski definition) is 0. The van der Waals surface area contributed by atoms with Crippen molar-refractivity contribution in [3.8, 4) is 0 Å². The molecule has 2 aliphatic heterocycles. The number of rotatable bonds is 0. The molecule has 0 aliphatic carbocycles. The number of anilines is 1. The van der Waals surface area contributed by atoms with E-state index < -0.39 is 0 Å². The fraction of sp³-hybridized carbons (Fsp3) is 0.200. The molecule has 1 aromatic rings. The van der Waals surface area contributed by atoms with Gasteiger partial charge >= 0.3 is 0 Å². The molecule has 14 heavy (non-hydrogen) atoms. The topological polar surface area (TPSA) is 32.7 Å². The minimum atomic E-state index is 0.140. The van der Waals surface area contributed by atoms with Gasteiger partial charge in [-0.15, -0.1) is 0 Å². The van der Waals surface area contributed by atoms with Gasteiger partial charge in [0.15, 0.2) is 5.17 Å². The summed E-state index contributed by atoms with van der Waals surface area (Å²) in [6.07, 6.45) is 0. The van der Waals surface area contributed by atoms with Crippen LogP contribution < -0.4 is 4.90 Å². The summed E-state index contributed by atoms with van der Waals surface area (Å²) in [6.45, 7) is 0.697. The molecule has 1 amide bonds. The van der Waals surface area contributed by atoms with E-state index in [1.807, 2.05) is 24.3 Å². The van der Waals surface area contributed by atoms with Gasteiger partial charge < -0.3 is 0 Å². The SMILES string of the molecule is O=C1CSC2=NCc3ccccc3N12. The maximum atomic E-state index is 11.6. The van der Waals surface area contributed by atoms with Crippen LogP contribution in [0.15, 0.2) is 29.3 Å². The lowest BCUT2D eigenvalue weighted by Crippen LogP contribution is -2.32. The monoisotopic (exact) mass is 204 g/mol. The fourth-order valence-corrected chi connectivity index (χ4v) is 2.60. The highest BCUT2D eigenvalue weighted by Crippen LogP contribution is 2.33. The van der Waals surface area contributed by atoms with Crippen LogP contribution in [0.3, 0.4) is 0 Å².